The minimum absolute atomic E-state index is 0.107. The molecule has 0 aliphatic carbocycles. The Hall–Kier alpha value is -2.10. The SMILES string of the molecule is C=CC(CC(C(=O)OC)C(=O)OC)c1ccccc1. The normalized spacial score (nSPS) is 11.7. The number of methoxy groups -OCH3 is 2. The van der Waals surface area contributed by atoms with Gasteiger partial charge in [0, 0.05) is 5.92 Å². The number of allylic oxidation sites excluding steroid dienone is 1. The standard InChI is InChI=1S/C15H18O4/c1-4-11(12-8-6-5-7-9-12)10-13(14(16)18-2)15(17)19-3/h4-9,11,13H,1,10H2,2-3H3. The molecule has 1 rings (SSSR count). The molecule has 0 aliphatic rings. The van der Waals surface area contributed by atoms with Crippen molar-refractivity contribution in [3.8, 4) is 0 Å². The number of rotatable bonds is 6. The van der Waals surface area contributed by atoms with E-state index in [0.29, 0.717) is 0 Å². The maximum atomic E-state index is 11.6. The molecule has 1 aromatic carbocycles. The predicted molar refractivity (Wildman–Crippen MR) is 71.5 cm³/mol. The van der Waals surface area contributed by atoms with Crippen molar-refractivity contribution in [2.24, 2.45) is 5.92 Å². The Morgan fingerprint density at radius 1 is 1.16 bits per heavy atom. The smallest absolute Gasteiger partial charge is 0.320 e. The van der Waals surface area contributed by atoms with Crippen LogP contribution in [0.1, 0.15) is 17.9 Å². The van der Waals surface area contributed by atoms with E-state index in [1.807, 2.05) is 30.3 Å². The molecule has 0 heterocycles. The minimum atomic E-state index is -0.932. The number of carbonyl (C=O) groups is 2. The summed E-state index contributed by atoms with van der Waals surface area (Å²) in [6.07, 6.45) is 2.00. The van der Waals surface area contributed by atoms with Gasteiger partial charge in [-0.3, -0.25) is 9.59 Å². The van der Waals surface area contributed by atoms with E-state index in [1.165, 1.54) is 14.2 Å². The van der Waals surface area contributed by atoms with Crippen molar-refractivity contribution in [2.75, 3.05) is 14.2 Å². The lowest BCUT2D eigenvalue weighted by Crippen LogP contribution is -2.28. The third kappa shape index (κ3) is 3.95. The van der Waals surface area contributed by atoms with Crippen LogP contribution in [0.5, 0.6) is 0 Å². The van der Waals surface area contributed by atoms with Gasteiger partial charge in [0.1, 0.15) is 0 Å². The van der Waals surface area contributed by atoms with Gasteiger partial charge in [-0.2, -0.15) is 0 Å². The first kappa shape index (κ1) is 15.0. The largest absolute Gasteiger partial charge is 0.468 e. The fourth-order valence-corrected chi connectivity index (χ4v) is 1.90. The second-order valence-electron chi connectivity index (χ2n) is 4.09. The topological polar surface area (TPSA) is 52.6 Å². The Bertz CT molecular complexity index is 423. The minimum Gasteiger partial charge on any atom is -0.468 e. The third-order valence-corrected chi connectivity index (χ3v) is 2.97. The van der Waals surface area contributed by atoms with Gasteiger partial charge in [-0.25, -0.2) is 0 Å². The highest BCUT2D eigenvalue weighted by Crippen LogP contribution is 2.26. The number of ether oxygens (including phenoxy) is 2. The molecular formula is C15H18O4. The zero-order valence-electron chi connectivity index (χ0n) is 11.2. The van der Waals surface area contributed by atoms with Crippen LogP contribution in [0.3, 0.4) is 0 Å². The summed E-state index contributed by atoms with van der Waals surface area (Å²) >= 11 is 0. The summed E-state index contributed by atoms with van der Waals surface area (Å²) in [5, 5.41) is 0. The van der Waals surface area contributed by atoms with E-state index in [2.05, 4.69) is 16.1 Å². The third-order valence-electron chi connectivity index (χ3n) is 2.97. The zero-order chi connectivity index (χ0) is 14.3. The monoisotopic (exact) mass is 262 g/mol. The highest BCUT2D eigenvalue weighted by atomic mass is 16.5. The molecule has 0 radical (unpaired) electrons. The molecule has 1 atom stereocenters. The molecule has 1 unspecified atom stereocenters. The molecule has 0 amide bonds. The maximum absolute atomic E-state index is 11.6. The molecule has 0 fully saturated rings. The van der Waals surface area contributed by atoms with Crippen molar-refractivity contribution in [3.05, 3.63) is 48.6 Å². The van der Waals surface area contributed by atoms with Gasteiger partial charge in [0.15, 0.2) is 5.92 Å². The van der Waals surface area contributed by atoms with Crippen LogP contribution in [0.2, 0.25) is 0 Å². The molecule has 0 bridgehead atoms. The first-order valence-electron chi connectivity index (χ1n) is 5.97. The molecule has 0 N–H and O–H groups in total. The quantitative estimate of drug-likeness (QED) is 0.448. The van der Waals surface area contributed by atoms with Crippen molar-refractivity contribution in [1.29, 1.82) is 0 Å². The van der Waals surface area contributed by atoms with Crippen LogP contribution >= 0.6 is 0 Å². The molecule has 1 aromatic rings. The number of carbonyl (C=O) groups excluding carboxylic acids is 2. The number of hydrogen-bond donors (Lipinski definition) is 0. The zero-order valence-corrected chi connectivity index (χ0v) is 11.2. The van der Waals surface area contributed by atoms with Gasteiger partial charge in [-0.15, -0.1) is 6.58 Å². The fourth-order valence-electron chi connectivity index (χ4n) is 1.90. The molecule has 19 heavy (non-hydrogen) atoms. The van der Waals surface area contributed by atoms with Gasteiger partial charge in [0.05, 0.1) is 14.2 Å². The van der Waals surface area contributed by atoms with Crippen molar-refractivity contribution in [2.45, 2.75) is 12.3 Å². The fraction of sp³-hybridized carbons (Fsp3) is 0.333. The molecule has 0 spiro atoms. The van der Waals surface area contributed by atoms with E-state index in [1.54, 1.807) is 6.08 Å². The summed E-state index contributed by atoms with van der Waals surface area (Å²) in [6, 6.07) is 9.56. The van der Waals surface area contributed by atoms with Crippen molar-refractivity contribution in [1.82, 2.24) is 0 Å². The van der Waals surface area contributed by atoms with Gasteiger partial charge < -0.3 is 9.47 Å². The second-order valence-corrected chi connectivity index (χ2v) is 4.09. The van der Waals surface area contributed by atoms with Crippen LogP contribution in [0.25, 0.3) is 0 Å². The number of esters is 2. The average Bonchev–Trinajstić information content (AvgIpc) is 2.48. The lowest BCUT2D eigenvalue weighted by Gasteiger charge is -2.18. The Morgan fingerprint density at radius 2 is 1.68 bits per heavy atom. The van der Waals surface area contributed by atoms with Crippen LogP contribution in [-0.4, -0.2) is 26.2 Å². The summed E-state index contributed by atoms with van der Waals surface area (Å²) in [5.41, 5.74) is 0.996. The van der Waals surface area contributed by atoms with Gasteiger partial charge >= 0.3 is 11.9 Å². The molecule has 0 saturated heterocycles. The molecular weight excluding hydrogens is 244 g/mol. The lowest BCUT2D eigenvalue weighted by atomic mass is 9.89. The average molecular weight is 262 g/mol. The molecule has 4 heteroatoms. The Kier molecular flexibility index (Phi) is 5.79. The molecule has 0 aliphatic heterocycles. The summed E-state index contributed by atoms with van der Waals surface area (Å²) in [6.45, 7) is 3.76. The highest BCUT2D eigenvalue weighted by Gasteiger charge is 2.31. The summed E-state index contributed by atoms with van der Waals surface area (Å²) < 4.78 is 9.29. The van der Waals surface area contributed by atoms with Gasteiger partial charge in [0.2, 0.25) is 0 Å². The second kappa shape index (κ2) is 7.36. The molecule has 0 saturated carbocycles. The van der Waals surface area contributed by atoms with Crippen LogP contribution in [-0.2, 0) is 19.1 Å². The van der Waals surface area contributed by atoms with Crippen LogP contribution < -0.4 is 0 Å². The summed E-state index contributed by atoms with van der Waals surface area (Å²) in [4.78, 5) is 23.3. The predicted octanol–water partition coefficient (Wildman–Crippen LogP) is 2.31. The van der Waals surface area contributed by atoms with E-state index < -0.39 is 17.9 Å². The van der Waals surface area contributed by atoms with Gasteiger partial charge in [0.25, 0.3) is 0 Å². The molecule has 0 aromatic heterocycles. The van der Waals surface area contributed by atoms with Gasteiger partial charge in [-0.1, -0.05) is 36.4 Å². The number of benzene rings is 1. The summed E-state index contributed by atoms with van der Waals surface area (Å²) in [5.74, 6) is -2.22. The van der Waals surface area contributed by atoms with E-state index in [0.717, 1.165) is 5.56 Å². The lowest BCUT2D eigenvalue weighted by molar-refractivity contribution is -0.159. The van der Waals surface area contributed by atoms with E-state index >= 15 is 0 Å². The Balaban J connectivity index is 2.90. The maximum Gasteiger partial charge on any atom is 0.320 e. The van der Waals surface area contributed by atoms with Gasteiger partial charge in [-0.05, 0) is 12.0 Å². The van der Waals surface area contributed by atoms with E-state index in [-0.39, 0.29) is 12.3 Å². The Labute approximate surface area is 113 Å². The number of hydrogen-bond acceptors (Lipinski definition) is 4. The van der Waals surface area contributed by atoms with Crippen molar-refractivity contribution < 1.29 is 19.1 Å². The molecule has 4 nitrogen and oxygen atoms in total. The van der Waals surface area contributed by atoms with Crippen LogP contribution in [0, 0.1) is 5.92 Å². The van der Waals surface area contributed by atoms with E-state index in [9.17, 15) is 9.59 Å². The van der Waals surface area contributed by atoms with Crippen molar-refractivity contribution in [3.63, 3.8) is 0 Å². The Morgan fingerprint density at radius 3 is 2.11 bits per heavy atom. The highest BCUT2D eigenvalue weighted by molar-refractivity contribution is 5.94. The van der Waals surface area contributed by atoms with Crippen molar-refractivity contribution >= 4 is 11.9 Å². The van der Waals surface area contributed by atoms with Crippen LogP contribution in [0.4, 0.5) is 0 Å². The summed E-state index contributed by atoms with van der Waals surface area (Å²) in [7, 11) is 2.51. The first-order valence-corrected chi connectivity index (χ1v) is 5.97. The van der Waals surface area contributed by atoms with Crippen LogP contribution in [0.15, 0.2) is 43.0 Å². The first-order chi connectivity index (χ1) is 9.13. The van der Waals surface area contributed by atoms with E-state index in [4.69, 9.17) is 0 Å². The molecule has 102 valence electrons.